The van der Waals surface area contributed by atoms with Crippen molar-refractivity contribution in [3.63, 3.8) is 0 Å². The number of aryl methyl sites for hydroxylation is 1. The minimum absolute atomic E-state index is 0.672. The van der Waals surface area contributed by atoms with E-state index in [1.54, 1.807) is 0 Å². The second-order valence-electron chi connectivity index (χ2n) is 4.05. The van der Waals surface area contributed by atoms with E-state index in [4.69, 9.17) is 0 Å². The van der Waals surface area contributed by atoms with Crippen LogP contribution in [0.2, 0.25) is 0 Å². The molecule has 78 valence electrons. The van der Waals surface area contributed by atoms with Crippen molar-refractivity contribution in [2.24, 2.45) is 0 Å². The molecule has 2 rings (SSSR count). The molecule has 2 nitrogen and oxygen atoms in total. The van der Waals surface area contributed by atoms with Crippen molar-refractivity contribution in [1.82, 2.24) is 10.2 Å². The minimum Gasteiger partial charge on any atom is -0.314 e. The molecule has 1 aliphatic rings. The Bertz CT molecular complexity index is 295. The van der Waals surface area contributed by atoms with Gasteiger partial charge in [-0.3, -0.25) is 4.90 Å². The van der Waals surface area contributed by atoms with Gasteiger partial charge in [-0.05, 0) is 30.9 Å². The summed E-state index contributed by atoms with van der Waals surface area (Å²) in [5.41, 5.74) is 1.45. The summed E-state index contributed by atoms with van der Waals surface area (Å²) >= 11 is 1.88. The molecule has 1 N–H and O–H groups in total. The largest absolute Gasteiger partial charge is 0.314 e. The van der Waals surface area contributed by atoms with Gasteiger partial charge in [0.05, 0.1) is 0 Å². The minimum atomic E-state index is 0.672. The van der Waals surface area contributed by atoms with Crippen molar-refractivity contribution < 1.29 is 0 Å². The first-order valence-corrected chi connectivity index (χ1v) is 6.13. The molecule has 1 aliphatic heterocycles. The SMILES string of the molecule is Cc1ccsc1CN1CCNC[C@@H]1C. The van der Waals surface area contributed by atoms with Crippen LogP contribution < -0.4 is 5.32 Å². The first-order valence-electron chi connectivity index (χ1n) is 5.25. The Labute approximate surface area is 89.9 Å². The molecule has 1 fully saturated rings. The van der Waals surface area contributed by atoms with E-state index in [2.05, 4.69) is 35.5 Å². The second kappa shape index (κ2) is 4.43. The number of piperazine rings is 1. The maximum absolute atomic E-state index is 3.42. The van der Waals surface area contributed by atoms with E-state index in [1.165, 1.54) is 17.0 Å². The first-order chi connectivity index (χ1) is 6.77. The molecule has 0 aromatic carbocycles. The Morgan fingerprint density at radius 3 is 3.14 bits per heavy atom. The summed E-state index contributed by atoms with van der Waals surface area (Å²) in [7, 11) is 0. The lowest BCUT2D eigenvalue weighted by molar-refractivity contribution is 0.167. The summed E-state index contributed by atoms with van der Waals surface area (Å²) in [6.45, 7) is 9.08. The van der Waals surface area contributed by atoms with Gasteiger partial charge < -0.3 is 5.32 Å². The van der Waals surface area contributed by atoms with Gasteiger partial charge >= 0.3 is 0 Å². The summed E-state index contributed by atoms with van der Waals surface area (Å²) in [5.74, 6) is 0. The monoisotopic (exact) mass is 210 g/mol. The Kier molecular flexibility index (Phi) is 3.21. The van der Waals surface area contributed by atoms with Gasteiger partial charge in [0.15, 0.2) is 0 Å². The molecule has 0 amide bonds. The maximum atomic E-state index is 3.42. The third-order valence-corrected chi connectivity index (χ3v) is 3.96. The van der Waals surface area contributed by atoms with Crippen LogP contribution in [0.3, 0.4) is 0 Å². The molecule has 0 unspecified atom stereocenters. The van der Waals surface area contributed by atoms with Gasteiger partial charge in [0, 0.05) is 37.1 Å². The Hall–Kier alpha value is -0.380. The third-order valence-electron chi connectivity index (χ3n) is 2.95. The van der Waals surface area contributed by atoms with E-state index in [-0.39, 0.29) is 0 Å². The van der Waals surface area contributed by atoms with Crippen LogP contribution in [0.15, 0.2) is 11.4 Å². The molecule has 0 saturated carbocycles. The molecule has 1 aromatic rings. The quantitative estimate of drug-likeness (QED) is 0.801. The first kappa shape index (κ1) is 10.1. The summed E-state index contributed by atoms with van der Waals surface area (Å²) in [5, 5.41) is 5.61. The smallest absolute Gasteiger partial charge is 0.0334 e. The molecule has 1 atom stereocenters. The number of nitrogens with one attached hydrogen (secondary N) is 1. The van der Waals surface area contributed by atoms with Gasteiger partial charge in [0.25, 0.3) is 0 Å². The van der Waals surface area contributed by atoms with Crippen LogP contribution in [0, 0.1) is 6.92 Å². The lowest BCUT2D eigenvalue weighted by Gasteiger charge is -2.33. The Balaban J connectivity index is 1.99. The lowest BCUT2D eigenvalue weighted by Crippen LogP contribution is -2.49. The predicted octanol–water partition coefficient (Wildman–Crippen LogP) is 1.85. The summed E-state index contributed by atoms with van der Waals surface area (Å²) in [6, 6.07) is 2.89. The Morgan fingerprint density at radius 2 is 2.50 bits per heavy atom. The van der Waals surface area contributed by atoms with Crippen LogP contribution in [-0.4, -0.2) is 30.6 Å². The van der Waals surface area contributed by atoms with Crippen molar-refractivity contribution in [3.05, 3.63) is 21.9 Å². The van der Waals surface area contributed by atoms with Gasteiger partial charge in [-0.25, -0.2) is 0 Å². The molecule has 0 aliphatic carbocycles. The van der Waals surface area contributed by atoms with Crippen molar-refractivity contribution >= 4 is 11.3 Å². The average Bonchev–Trinajstić information content (AvgIpc) is 2.56. The molecule has 1 aromatic heterocycles. The fourth-order valence-electron chi connectivity index (χ4n) is 1.87. The van der Waals surface area contributed by atoms with E-state index in [9.17, 15) is 0 Å². The fraction of sp³-hybridized carbons (Fsp3) is 0.636. The highest BCUT2D eigenvalue weighted by molar-refractivity contribution is 7.10. The predicted molar refractivity (Wildman–Crippen MR) is 61.8 cm³/mol. The van der Waals surface area contributed by atoms with E-state index < -0.39 is 0 Å². The Morgan fingerprint density at radius 1 is 1.64 bits per heavy atom. The van der Waals surface area contributed by atoms with Crippen LogP contribution in [0.5, 0.6) is 0 Å². The summed E-state index contributed by atoms with van der Waals surface area (Å²) < 4.78 is 0. The maximum Gasteiger partial charge on any atom is 0.0334 e. The van der Waals surface area contributed by atoms with E-state index in [0.717, 1.165) is 19.6 Å². The highest BCUT2D eigenvalue weighted by atomic mass is 32.1. The molecule has 1 saturated heterocycles. The van der Waals surface area contributed by atoms with Crippen LogP contribution in [-0.2, 0) is 6.54 Å². The molecule has 3 heteroatoms. The zero-order valence-corrected chi connectivity index (χ0v) is 9.73. The molecule has 2 heterocycles. The lowest BCUT2D eigenvalue weighted by atomic mass is 10.2. The average molecular weight is 210 g/mol. The third kappa shape index (κ3) is 2.16. The molecule has 14 heavy (non-hydrogen) atoms. The van der Waals surface area contributed by atoms with Crippen LogP contribution in [0.25, 0.3) is 0 Å². The number of nitrogens with zero attached hydrogens (tertiary/aromatic N) is 1. The summed E-state index contributed by atoms with van der Waals surface area (Å²) in [4.78, 5) is 4.09. The molecule has 0 spiro atoms. The van der Waals surface area contributed by atoms with Gasteiger partial charge in [0.1, 0.15) is 0 Å². The number of hydrogen-bond donors (Lipinski definition) is 1. The molecule has 0 bridgehead atoms. The molecular formula is C11H18N2S. The van der Waals surface area contributed by atoms with Crippen LogP contribution in [0.4, 0.5) is 0 Å². The highest BCUT2D eigenvalue weighted by Gasteiger charge is 2.18. The van der Waals surface area contributed by atoms with Gasteiger partial charge in [-0.1, -0.05) is 0 Å². The zero-order valence-electron chi connectivity index (χ0n) is 8.92. The van der Waals surface area contributed by atoms with Gasteiger partial charge in [-0.2, -0.15) is 0 Å². The van der Waals surface area contributed by atoms with E-state index in [1.807, 2.05) is 11.3 Å². The normalized spacial score (nSPS) is 24.0. The van der Waals surface area contributed by atoms with Crippen molar-refractivity contribution in [1.29, 1.82) is 0 Å². The number of rotatable bonds is 2. The fourth-order valence-corrected chi connectivity index (χ4v) is 2.80. The van der Waals surface area contributed by atoms with Crippen molar-refractivity contribution in [2.45, 2.75) is 26.4 Å². The van der Waals surface area contributed by atoms with E-state index >= 15 is 0 Å². The van der Waals surface area contributed by atoms with Crippen molar-refractivity contribution in [2.75, 3.05) is 19.6 Å². The van der Waals surface area contributed by atoms with Crippen LogP contribution in [0.1, 0.15) is 17.4 Å². The molecular weight excluding hydrogens is 192 g/mol. The second-order valence-corrected chi connectivity index (χ2v) is 5.05. The van der Waals surface area contributed by atoms with Gasteiger partial charge in [-0.15, -0.1) is 11.3 Å². The van der Waals surface area contributed by atoms with Gasteiger partial charge in [0.2, 0.25) is 0 Å². The standard InChI is InChI=1S/C11H18N2S/c1-9-3-6-14-11(9)8-13-5-4-12-7-10(13)2/h3,6,10,12H,4-5,7-8H2,1-2H3/t10-/m0/s1. The summed E-state index contributed by atoms with van der Waals surface area (Å²) in [6.07, 6.45) is 0. The van der Waals surface area contributed by atoms with Crippen molar-refractivity contribution in [3.8, 4) is 0 Å². The number of thiophene rings is 1. The molecule has 0 radical (unpaired) electrons. The highest BCUT2D eigenvalue weighted by Crippen LogP contribution is 2.19. The zero-order chi connectivity index (χ0) is 9.97. The van der Waals surface area contributed by atoms with E-state index in [0.29, 0.717) is 6.04 Å². The number of hydrogen-bond acceptors (Lipinski definition) is 3. The topological polar surface area (TPSA) is 15.3 Å². The van der Waals surface area contributed by atoms with Crippen LogP contribution >= 0.6 is 11.3 Å².